The molecule has 2 aromatic rings. The molecule has 0 aliphatic heterocycles. The van der Waals surface area contributed by atoms with Gasteiger partial charge in [0.1, 0.15) is 18.0 Å². The predicted molar refractivity (Wildman–Crippen MR) is 107 cm³/mol. The van der Waals surface area contributed by atoms with Crippen molar-refractivity contribution in [2.24, 2.45) is 0 Å². The van der Waals surface area contributed by atoms with E-state index in [4.69, 9.17) is 21.1 Å². The maximum Gasteiger partial charge on any atom is 0.244 e. The number of carbonyl (C=O) groups excluding carboxylic acids is 2. The molecule has 7 heteroatoms. The second-order valence-electron chi connectivity index (χ2n) is 6.08. The van der Waals surface area contributed by atoms with Gasteiger partial charge in [-0.05, 0) is 25.0 Å². The predicted octanol–water partition coefficient (Wildman–Crippen LogP) is 3.97. The molecule has 0 saturated heterocycles. The molecule has 144 valence electrons. The summed E-state index contributed by atoms with van der Waals surface area (Å²) >= 11 is 6.12. The van der Waals surface area contributed by atoms with Crippen molar-refractivity contribution in [3.63, 3.8) is 0 Å². The van der Waals surface area contributed by atoms with E-state index >= 15 is 0 Å². The molecule has 0 aromatic heterocycles. The molecule has 0 radical (unpaired) electrons. The van der Waals surface area contributed by atoms with E-state index in [2.05, 4.69) is 5.32 Å². The molecule has 2 aromatic carbocycles. The average Bonchev–Trinajstić information content (AvgIpc) is 2.62. The van der Waals surface area contributed by atoms with Crippen LogP contribution in [-0.4, -0.2) is 32.6 Å². The van der Waals surface area contributed by atoms with Crippen LogP contribution in [0.1, 0.15) is 18.1 Å². The molecule has 0 heterocycles. The fourth-order valence-electron chi connectivity index (χ4n) is 2.76. The number of carbonyl (C=O) groups is 2. The molecule has 2 rings (SSSR count). The van der Waals surface area contributed by atoms with Crippen molar-refractivity contribution in [1.82, 2.24) is 0 Å². The molecule has 0 atom stereocenters. The van der Waals surface area contributed by atoms with Gasteiger partial charge in [0, 0.05) is 24.7 Å². The second-order valence-corrected chi connectivity index (χ2v) is 6.49. The Labute approximate surface area is 164 Å². The number of nitrogens with zero attached hydrogens (tertiary/aromatic N) is 1. The Balaban J connectivity index is 2.33. The van der Waals surface area contributed by atoms with Gasteiger partial charge in [0.2, 0.25) is 11.8 Å². The topological polar surface area (TPSA) is 67.9 Å². The first-order valence-corrected chi connectivity index (χ1v) is 8.72. The van der Waals surface area contributed by atoms with Crippen LogP contribution in [-0.2, 0) is 9.59 Å². The van der Waals surface area contributed by atoms with Crippen LogP contribution in [0.4, 0.5) is 11.4 Å². The number of amides is 2. The SMILES string of the molecule is COc1cc(N(CC(=O)Nc2c(C)cccc2C)C(C)=O)c(OC)cc1Cl. The lowest BCUT2D eigenvalue weighted by Gasteiger charge is -2.24. The van der Waals surface area contributed by atoms with E-state index in [1.807, 2.05) is 32.0 Å². The Morgan fingerprint density at radius 2 is 1.67 bits per heavy atom. The molecule has 1 N–H and O–H groups in total. The number of benzene rings is 2. The van der Waals surface area contributed by atoms with Gasteiger partial charge >= 0.3 is 0 Å². The van der Waals surface area contributed by atoms with Crippen molar-refractivity contribution in [1.29, 1.82) is 0 Å². The molecular weight excluding hydrogens is 368 g/mol. The van der Waals surface area contributed by atoms with E-state index < -0.39 is 0 Å². The number of aryl methyl sites for hydroxylation is 2. The van der Waals surface area contributed by atoms with Crippen LogP contribution in [0.25, 0.3) is 0 Å². The summed E-state index contributed by atoms with van der Waals surface area (Å²) in [5, 5.41) is 3.23. The molecule has 2 amide bonds. The number of nitrogens with one attached hydrogen (secondary N) is 1. The highest BCUT2D eigenvalue weighted by Gasteiger charge is 2.22. The average molecular weight is 391 g/mol. The minimum Gasteiger partial charge on any atom is -0.495 e. The van der Waals surface area contributed by atoms with Crippen LogP contribution in [0.15, 0.2) is 30.3 Å². The number of halogens is 1. The van der Waals surface area contributed by atoms with E-state index in [9.17, 15) is 9.59 Å². The van der Waals surface area contributed by atoms with Crippen molar-refractivity contribution >= 4 is 34.8 Å². The number of rotatable bonds is 6. The molecule has 0 saturated carbocycles. The molecule has 6 nitrogen and oxygen atoms in total. The van der Waals surface area contributed by atoms with Gasteiger partial charge in [0.05, 0.1) is 24.9 Å². The third-order valence-electron chi connectivity index (χ3n) is 4.17. The summed E-state index contributed by atoms with van der Waals surface area (Å²) in [4.78, 5) is 26.2. The Kier molecular flexibility index (Phi) is 6.69. The van der Waals surface area contributed by atoms with Gasteiger partial charge in [-0.2, -0.15) is 0 Å². The molecule has 0 bridgehead atoms. The van der Waals surface area contributed by atoms with E-state index in [1.54, 1.807) is 12.1 Å². The van der Waals surface area contributed by atoms with E-state index in [1.165, 1.54) is 26.0 Å². The number of ether oxygens (including phenoxy) is 2. The highest BCUT2D eigenvalue weighted by atomic mass is 35.5. The fourth-order valence-corrected chi connectivity index (χ4v) is 2.99. The highest BCUT2D eigenvalue weighted by Crippen LogP contribution is 2.38. The molecule has 0 aliphatic rings. The van der Waals surface area contributed by atoms with E-state index in [0.717, 1.165) is 16.8 Å². The zero-order chi connectivity index (χ0) is 20.1. The van der Waals surface area contributed by atoms with Gasteiger partial charge in [-0.25, -0.2) is 0 Å². The number of hydrogen-bond acceptors (Lipinski definition) is 4. The first-order valence-electron chi connectivity index (χ1n) is 8.34. The van der Waals surface area contributed by atoms with E-state index in [-0.39, 0.29) is 18.4 Å². The molecule has 0 spiro atoms. The van der Waals surface area contributed by atoms with E-state index in [0.29, 0.717) is 22.2 Å². The lowest BCUT2D eigenvalue weighted by atomic mass is 10.1. The van der Waals surface area contributed by atoms with Crippen molar-refractivity contribution in [2.45, 2.75) is 20.8 Å². The van der Waals surface area contributed by atoms with Crippen molar-refractivity contribution in [3.05, 3.63) is 46.5 Å². The summed E-state index contributed by atoms with van der Waals surface area (Å²) in [6, 6.07) is 8.88. The normalized spacial score (nSPS) is 10.3. The molecule has 0 fully saturated rings. The van der Waals surface area contributed by atoms with Crippen LogP contribution < -0.4 is 19.7 Å². The maximum absolute atomic E-state index is 12.6. The van der Waals surface area contributed by atoms with Gasteiger partial charge in [-0.3, -0.25) is 14.5 Å². The van der Waals surface area contributed by atoms with Gasteiger partial charge in [-0.1, -0.05) is 29.8 Å². The van der Waals surface area contributed by atoms with Gasteiger partial charge in [0.25, 0.3) is 0 Å². The van der Waals surface area contributed by atoms with Crippen molar-refractivity contribution in [2.75, 3.05) is 31.0 Å². The molecular formula is C20H23ClN2O4. The first-order chi connectivity index (χ1) is 12.8. The van der Waals surface area contributed by atoms with Crippen LogP contribution >= 0.6 is 11.6 Å². The van der Waals surface area contributed by atoms with Crippen LogP contribution in [0.3, 0.4) is 0 Å². The van der Waals surface area contributed by atoms with Crippen molar-refractivity contribution < 1.29 is 19.1 Å². The zero-order valence-electron chi connectivity index (χ0n) is 16.1. The summed E-state index contributed by atoms with van der Waals surface area (Å²) in [5.74, 6) is 0.123. The van der Waals surface area contributed by atoms with Gasteiger partial charge in [-0.15, -0.1) is 0 Å². The highest BCUT2D eigenvalue weighted by molar-refractivity contribution is 6.32. The maximum atomic E-state index is 12.6. The first kappa shape index (κ1) is 20.6. The number of hydrogen-bond donors (Lipinski definition) is 1. The number of anilines is 2. The van der Waals surface area contributed by atoms with Gasteiger partial charge < -0.3 is 14.8 Å². The Hall–Kier alpha value is -2.73. The molecule has 27 heavy (non-hydrogen) atoms. The standard InChI is InChI=1S/C20H23ClN2O4/c1-12-7-6-8-13(2)20(12)22-19(25)11-23(14(3)24)16-10-17(26-4)15(21)9-18(16)27-5/h6-10H,11H2,1-5H3,(H,22,25). The van der Waals surface area contributed by atoms with Crippen molar-refractivity contribution in [3.8, 4) is 11.5 Å². The Bertz CT molecular complexity index is 847. The molecule has 0 aliphatic carbocycles. The Morgan fingerprint density at radius 3 is 2.19 bits per heavy atom. The monoisotopic (exact) mass is 390 g/mol. The summed E-state index contributed by atoms with van der Waals surface area (Å²) in [7, 11) is 2.94. The fraction of sp³-hybridized carbons (Fsp3) is 0.300. The van der Waals surface area contributed by atoms with Crippen LogP contribution in [0.2, 0.25) is 5.02 Å². The second kappa shape index (κ2) is 8.77. The largest absolute Gasteiger partial charge is 0.495 e. The summed E-state index contributed by atoms with van der Waals surface area (Å²) in [6.45, 7) is 5.04. The Morgan fingerprint density at radius 1 is 1.07 bits per heavy atom. The minimum absolute atomic E-state index is 0.176. The molecule has 0 unspecified atom stereocenters. The summed E-state index contributed by atoms with van der Waals surface area (Å²) < 4.78 is 10.6. The summed E-state index contributed by atoms with van der Waals surface area (Å²) in [6.07, 6.45) is 0. The van der Waals surface area contributed by atoms with Gasteiger partial charge in [0.15, 0.2) is 0 Å². The third-order valence-corrected chi connectivity index (χ3v) is 4.47. The summed E-state index contributed by atoms with van der Waals surface area (Å²) in [5.41, 5.74) is 3.04. The third kappa shape index (κ3) is 4.71. The van der Waals surface area contributed by atoms with Crippen LogP contribution in [0.5, 0.6) is 11.5 Å². The minimum atomic E-state index is -0.321. The smallest absolute Gasteiger partial charge is 0.244 e. The number of methoxy groups -OCH3 is 2. The zero-order valence-corrected chi connectivity index (χ0v) is 16.8. The number of para-hydroxylation sites is 1. The quantitative estimate of drug-likeness (QED) is 0.810. The lowest BCUT2D eigenvalue weighted by molar-refractivity contribution is -0.120. The van der Waals surface area contributed by atoms with Crippen LogP contribution in [0, 0.1) is 13.8 Å². The lowest BCUT2D eigenvalue weighted by Crippen LogP contribution is -2.37.